The molecule has 0 aromatic heterocycles. The van der Waals surface area contributed by atoms with Gasteiger partial charge in [0.1, 0.15) is 47.5 Å². The summed E-state index contributed by atoms with van der Waals surface area (Å²) in [7, 11) is 2.92. The summed E-state index contributed by atoms with van der Waals surface area (Å²) < 4.78 is 36.4. The number of aliphatic hydroxyl groups excluding tert-OH is 4. The Morgan fingerprint density at radius 3 is 2.19 bits per heavy atom. The molecule has 0 saturated carbocycles. The average Bonchev–Trinajstić information content (AvgIpc) is 2.76. The highest BCUT2D eigenvalue weighted by atomic mass is 19.1. The standard InChI is InChI=1S/C22H27FO8/c1-11(24)21-19(26)18(25)20(27)22(31-21)30-17-10-14(29-3)9-16(23)15(17)8-12-4-6-13(28-2)7-5-12/h4-7,9-11,18-22,24-27H,8H2,1-3H3/t11-,18+,19+,20-,21?,22-/m1/s1. The molecule has 1 unspecified atom stereocenters. The molecule has 8 nitrogen and oxygen atoms in total. The van der Waals surface area contributed by atoms with Gasteiger partial charge in [0, 0.05) is 24.1 Å². The molecule has 1 saturated heterocycles. The van der Waals surface area contributed by atoms with Crippen molar-refractivity contribution in [2.24, 2.45) is 0 Å². The fraction of sp³-hybridized carbons (Fsp3) is 0.455. The number of hydrogen-bond donors (Lipinski definition) is 4. The summed E-state index contributed by atoms with van der Waals surface area (Å²) in [6.07, 6.45) is -8.43. The lowest BCUT2D eigenvalue weighted by Crippen LogP contribution is -2.61. The molecule has 1 aliphatic rings. The van der Waals surface area contributed by atoms with Crippen LogP contribution in [0, 0.1) is 5.82 Å². The van der Waals surface area contributed by atoms with E-state index in [0.29, 0.717) is 5.75 Å². The van der Waals surface area contributed by atoms with Gasteiger partial charge >= 0.3 is 0 Å². The van der Waals surface area contributed by atoms with E-state index in [0.717, 1.165) is 5.56 Å². The zero-order valence-corrected chi connectivity index (χ0v) is 17.4. The van der Waals surface area contributed by atoms with E-state index in [1.54, 1.807) is 31.4 Å². The van der Waals surface area contributed by atoms with Crippen molar-refractivity contribution in [1.82, 2.24) is 0 Å². The van der Waals surface area contributed by atoms with Crippen molar-refractivity contribution in [3.8, 4) is 17.2 Å². The van der Waals surface area contributed by atoms with Crippen molar-refractivity contribution in [2.75, 3.05) is 14.2 Å². The molecule has 9 heteroatoms. The molecular formula is C22H27FO8. The molecule has 2 aromatic rings. The van der Waals surface area contributed by atoms with Crippen LogP contribution in [0.2, 0.25) is 0 Å². The molecule has 4 N–H and O–H groups in total. The molecule has 0 bridgehead atoms. The number of methoxy groups -OCH3 is 2. The largest absolute Gasteiger partial charge is 0.497 e. The van der Waals surface area contributed by atoms with Gasteiger partial charge in [0.25, 0.3) is 0 Å². The van der Waals surface area contributed by atoms with Crippen LogP contribution in [0.3, 0.4) is 0 Å². The summed E-state index contributed by atoms with van der Waals surface area (Å²) in [5, 5.41) is 40.3. The summed E-state index contributed by atoms with van der Waals surface area (Å²) in [5.74, 6) is 0.280. The number of rotatable bonds is 7. The number of aliphatic hydroxyl groups is 4. The Balaban J connectivity index is 1.92. The van der Waals surface area contributed by atoms with Crippen molar-refractivity contribution in [3.63, 3.8) is 0 Å². The van der Waals surface area contributed by atoms with Crippen LogP contribution in [0.15, 0.2) is 36.4 Å². The number of benzene rings is 2. The lowest BCUT2D eigenvalue weighted by Gasteiger charge is -2.41. The van der Waals surface area contributed by atoms with E-state index < -0.39 is 42.6 Å². The van der Waals surface area contributed by atoms with Crippen molar-refractivity contribution >= 4 is 0 Å². The average molecular weight is 438 g/mol. The van der Waals surface area contributed by atoms with Crippen LogP contribution in [0.5, 0.6) is 17.2 Å². The highest BCUT2D eigenvalue weighted by Crippen LogP contribution is 2.33. The van der Waals surface area contributed by atoms with E-state index in [1.165, 1.54) is 26.2 Å². The first-order valence-electron chi connectivity index (χ1n) is 9.78. The van der Waals surface area contributed by atoms with E-state index in [4.69, 9.17) is 18.9 Å². The molecule has 2 aromatic carbocycles. The van der Waals surface area contributed by atoms with Crippen LogP contribution in [0.4, 0.5) is 4.39 Å². The van der Waals surface area contributed by atoms with Gasteiger partial charge in [-0.3, -0.25) is 0 Å². The highest BCUT2D eigenvalue weighted by molar-refractivity contribution is 5.45. The molecule has 0 radical (unpaired) electrons. The first kappa shape index (κ1) is 23.2. The minimum absolute atomic E-state index is 0.0321. The number of hydrogen-bond acceptors (Lipinski definition) is 8. The van der Waals surface area contributed by atoms with Gasteiger partial charge < -0.3 is 39.4 Å². The smallest absolute Gasteiger partial charge is 0.229 e. The maximum atomic E-state index is 14.9. The van der Waals surface area contributed by atoms with Crippen LogP contribution in [0.1, 0.15) is 18.1 Å². The Kier molecular flexibility index (Phi) is 7.34. The number of ether oxygens (including phenoxy) is 4. The molecule has 0 amide bonds. The van der Waals surface area contributed by atoms with E-state index in [9.17, 15) is 24.8 Å². The maximum absolute atomic E-state index is 14.9. The van der Waals surface area contributed by atoms with Crippen molar-refractivity contribution in [3.05, 3.63) is 53.3 Å². The molecule has 0 spiro atoms. The topological polar surface area (TPSA) is 118 Å². The Morgan fingerprint density at radius 2 is 1.61 bits per heavy atom. The van der Waals surface area contributed by atoms with Gasteiger partial charge in [0.15, 0.2) is 0 Å². The van der Waals surface area contributed by atoms with Crippen LogP contribution in [-0.4, -0.2) is 71.5 Å². The van der Waals surface area contributed by atoms with Crippen LogP contribution < -0.4 is 14.2 Å². The molecule has 1 heterocycles. The second-order valence-electron chi connectivity index (χ2n) is 7.41. The van der Waals surface area contributed by atoms with E-state index in [1.807, 2.05) is 0 Å². The molecule has 1 aliphatic heterocycles. The predicted octanol–water partition coefficient (Wildman–Crippen LogP) is 1.00. The minimum Gasteiger partial charge on any atom is -0.497 e. The summed E-state index contributed by atoms with van der Waals surface area (Å²) in [4.78, 5) is 0. The van der Waals surface area contributed by atoms with Gasteiger partial charge in [0.05, 0.1) is 20.3 Å². The molecule has 170 valence electrons. The zero-order valence-electron chi connectivity index (χ0n) is 17.4. The molecule has 6 atom stereocenters. The maximum Gasteiger partial charge on any atom is 0.229 e. The highest BCUT2D eigenvalue weighted by Gasteiger charge is 2.46. The fourth-order valence-corrected chi connectivity index (χ4v) is 3.42. The van der Waals surface area contributed by atoms with Crippen LogP contribution in [0.25, 0.3) is 0 Å². The lowest BCUT2D eigenvalue weighted by molar-refractivity contribution is -0.286. The second kappa shape index (κ2) is 9.80. The third kappa shape index (κ3) is 5.08. The van der Waals surface area contributed by atoms with Gasteiger partial charge in [-0.15, -0.1) is 0 Å². The number of halogens is 1. The fourth-order valence-electron chi connectivity index (χ4n) is 3.42. The quantitative estimate of drug-likeness (QED) is 0.506. The molecular weight excluding hydrogens is 411 g/mol. The zero-order chi connectivity index (χ0) is 22.7. The Labute approximate surface area is 179 Å². The monoisotopic (exact) mass is 438 g/mol. The van der Waals surface area contributed by atoms with Gasteiger partial charge in [-0.2, -0.15) is 0 Å². The van der Waals surface area contributed by atoms with Crippen LogP contribution >= 0.6 is 0 Å². The first-order valence-corrected chi connectivity index (χ1v) is 9.78. The van der Waals surface area contributed by atoms with E-state index in [2.05, 4.69) is 0 Å². The van der Waals surface area contributed by atoms with Gasteiger partial charge in [0.2, 0.25) is 6.29 Å². The van der Waals surface area contributed by atoms with Gasteiger partial charge in [-0.05, 0) is 24.6 Å². The summed E-state index contributed by atoms with van der Waals surface area (Å²) in [6, 6.07) is 9.70. The SMILES string of the molecule is COc1ccc(Cc2c(F)cc(OC)cc2O[C@@H]2OC([C@@H](C)O)[C@@H](O)[C@H](O)[C@H]2O)cc1. The third-order valence-electron chi connectivity index (χ3n) is 5.23. The second-order valence-corrected chi connectivity index (χ2v) is 7.41. The van der Waals surface area contributed by atoms with Gasteiger partial charge in [-0.25, -0.2) is 4.39 Å². The minimum atomic E-state index is -1.63. The predicted molar refractivity (Wildman–Crippen MR) is 108 cm³/mol. The normalized spacial score (nSPS) is 26.9. The molecule has 1 fully saturated rings. The Bertz CT molecular complexity index is 873. The lowest BCUT2D eigenvalue weighted by atomic mass is 9.96. The molecule has 3 rings (SSSR count). The Hall–Kier alpha value is -2.43. The first-order chi connectivity index (χ1) is 14.7. The summed E-state index contributed by atoms with van der Waals surface area (Å²) in [5.41, 5.74) is 0.952. The Morgan fingerprint density at radius 1 is 0.968 bits per heavy atom. The van der Waals surface area contributed by atoms with Crippen molar-refractivity contribution < 1.29 is 43.8 Å². The summed E-state index contributed by atoms with van der Waals surface area (Å²) >= 11 is 0. The van der Waals surface area contributed by atoms with Crippen LogP contribution in [-0.2, 0) is 11.2 Å². The molecule has 0 aliphatic carbocycles. The van der Waals surface area contributed by atoms with Gasteiger partial charge in [-0.1, -0.05) is 12.1 Å². The van der Waals surface area contributed by atoms with Crippen molar-refractivity contribution in [2.45, 2.75) is 50.2 Å². The summed E-state index contributed by atoms with van der Waals surface area (Å²) in [6.45, 7) is 1.37. The third-order valence-corrected chi connectivity index (χ3v) is 5.23. The molecule has 31 heavy (non-hydrogen) atoms. The van der Waals surface area contributed by atoms with E-state index >= 15 is 0 Å². The van der Waals surface area contributed by atoms with E-state index in [-0.39, 0.29) is 23.5 Å². The van der Waals surface area contributed by atoms with Crippen molar-refractivity contribution in [1.29, 1.82) is 0 Å².